The lowest BCUT2D eigenvalue weighted by atomic mass is 10.1. The zero-order chi connectivity index (χ0) is 23.4. The molecule has 0 unspecified atom stereocenters. The molecule has 3 aromatic carbocycles. The summed E-state index contributed by atoms with van der Waals surface area (Å²) in [5.41, 5.74) is 1.43. The van der Waals surface area contributed by atoms with Crippen LogP contribution in [-0.4, -0.2) is 42.8 Å². The third-order valence-corrected chi connectivity index (χ3v) is 5.61. The molecule has 8 nitrogen and oxygen atoms in total. The molecule has 168 valence electrons. The van der Waals surface area contributed by atoms with E-state index in [-0.39, 0.29) is 11.3 Å². The Morgan fingerprint density at radius 2 is 1.73 bits per heavy atom. The van der Waals surface area contributed by atoms with Crippen LogP contribution in [0.15, 0.2) is 60.0 Å². The normalized spacial score (nSPS) is 10.6. The van der Waals surface area contributed by atoms with Crippen LogP contribution >= 0.6 is 11.3 Å². The smallest absolute Gasteiger partial charge is 0.342 e. The molecule has 0 saturated carbocycles. The van der Waals surface area contributed by atoms with Crippen molar-refractivity contribution in [2.75, 3.05) is 26.1 Å². The van der Waals surface area contributed by atoms with E-state index < -0.39 is 18.5 Å². The minimum absolute atomic E-state index is 0.00788. The standard InChI is InChI=1S/C24H20N2O6S/c1-30-20-8-7-16(11-21(20)31-2)18-13-33-24(25-18)26-22(28)12-32-23(29)17-9-14-5-3-4-6-15(14)10-19(17)27/h3-11,13,27H,12H2,1-2H3,(H,25,26,28). The van der Waals surface area contributed by atoms with Crippen LogP contribution in [0.1, 0.15) is 10.4 Å². The van der Waals surface area contributed by atoms with Crippen molar-refractivity contribution in [1.82, 2.24) is 4.98 Å². The lowest BCUT2D eigenvalue weighted by molar-refractivity contribution is -0.119. The molecule has 4 aromatic rings. The Labute approximate surface area is 193 Å². The third-order valence-electron chi connectivity index (χ3n) is 4.85. The van der Waals surface area contributed by atoms with E-state index in [0.717, 1.165) is 16.3 Å². The number of thiazole rings is 1. The van der Waals surface area contributed by atoms with Gasteiger partial charge in [-0.25, -0.2) is 9.78 Å². The average Bonchev–Trinajstić information content (AvgIpc) is 3.30. The summed E-state index contributed by atoms with van der Waals surface area (Å²) < 4.78 is 15.6. The molecule has 0 aliphatic carbocycles. The maximum atomic E-state index is 12.4. The van der Waals surface area contributed by atoms with Gasteiger partial charge in [-0.3, -0.25) is 10.1 Å². The Morgan fingerprint density at radius 1 is 1.00 bits per heavy atom. The van der Waals surface area contributed by atoms with Crippen molar-refractivity contribution < 1.29 is 28.9 Å². The molecule has 0 aliphatic heterocycles. The van der Waals surface area contributed by atoms with E-state index in [9.17, 15) is 14.7 Å². The van der Waals surface area contributed by atoms with Crippen molar-refractivity contribution in [3.05, 3.63) is 65.5 Å². The van der Waals surface area contributed by atoms with Crippen LogP contribution in [-0.2, 0) is 9.53 Å². The number of fused-ring (bicyclic) bond motifs is 1. The van der Waals surface area contributed by atoms with Gasteiger partial charge in [-0.2, -0.15) is 0 Å². The lowest BCUT2D eigenvalue weighted by Crippen LogP contribution is -2.20. The minimum atomic E-state index is -0.793. The summed E-state index contributed by atoms with van der Waals surface area (Å²) in [6, 6.07) is 15.7. The van der Waals surface area contributed by atoms with E-state index in [4.69, 9.17) is 14.2 Å². The first-order valence-electron chi connectivity index (χ1n) is 9.85. The summed E-state index contributed by atoms with van der Waals surface area (Å²) in [5.74, 6) is -0.379. The maximum absolute atomic E-state index is 12.4. The molecule has 0 saturated heterocycles. The van der Waals surface area contributed by atoms with Crippen LogP contribution in [0.2, 0.25) is 0 Å². The van der Waals surface area contributed by atoms with Gasteiger partial charge < -0.3 is 19.3 Å². The summed E-state index contributed by atoms with van der Waals surface area (Å²) in [7, 11) is 3.11. The van der Waals surface area contributed by atoms with Gasteiger partial charge in [-0.1, -0.05) is 24.3 Å². The second-order valence-corrected chi connectivity index (χ2v) is 7.81. The Hall–Kier alpha value is -4.11. The number of phenols is 1. The molecule has 0 bridgehead atoms. The van der Waals surface area contributed by atoms with Gasteiger partial charge in [0.05, 0.1) is 19.9 Å². The molecule has 1 amide bonds. The van der Waals surface area contributed by atoms with E-state index in [1.165, 1.54) is 23.5 Å². The highest BCUT2D eigenvalue weighted by Gasteiger charge is 2.17. The van der Waals surface area contributed by atoms with Gasteiger partial charge in [0, 0.05) is 10.9 Å². The fraction of sp³-hybridized carbons (Fsp3) is 0.125. The second kappa shape index (κ2) is 9.58. The van der Waals surface area contributed by atoms with Crippen molar-refractivity contribution in [2.24, 2.45) is 0 Å². The zero-order valence-corrected chi connectivity index (χ0v) is 18.6. The summed E-state index contributed by atoms with van der Waals surface area (Å²) in [5, 5.41) is 16.5. The Morgan fingerprint density at radius 3 is 2.45 bits per heavy atom. The van der Waals surface area contributed by atoms with Crippen molar-refractivity contribution in [2.45, 2.75) is 0 Å². The summed E-state index contributed by atoms with van der Waals surface area (Å²) in [6.45, 7) is -0.517. The van der Waals surface area contributed by atoms with Crippen LogP contribution in [0.5, 0.6) is 17.2 Å². The zero-order valence-electron chi connectivity index (χ0n) is 17.8. The number of amides is 1. The van der Waals surface area contributed by atoms with Crippen molar-refractivity contribution >= 4 is 39.1 Å². The number of nitrogens with one attached hydrogen (secondary N) is 1. The maximum Gasteiger partial charge on any atom is 0.342 e. The lowest BCUT2D eigenvalue weighted by Gasteiger charge is -2.08. The number of carbonyl (C=O) groups excluding carboxylic acids is 2. The van der Waals surface area contributed by atoms with Crippen LogP contribution in [0.25, 0.3) is 22.0 Å². The Balaban J connectivity index is 1.38. The first-order valence-corrected chi connectivity index (χ1v) is 10.7. The SMILES string of the molecule is COc1ccc(-c2csc(NC(=O)COC(=O)c3cc4ccccc4cc3O)n2)cc1OC. The molecule has 0 atom stereocenters. The molecule has 0 aliphatic rings. The molecule has 33 heavy (non-hydrogen) atoms. The van der Waals surface area contributed by atoms with Gasteiger partial charge in [0.2, 0.25) is 0 Å². The number of ether oxygens (including phenoxy) is 3. The summed E-state index contributed by atoms with van der Waals surface area (Å²) in [6.07, 6.45) is 0. The molecule has 9 heteroatoms. The second-order valence-electron chi connectivity index (χ2n) is 6.95. The number of methoxy groups -OCH3 is 2. The number of phenolic OH excluding ortho intramolecular Hbond substituents is 1. The van der Waals surface area contributed by atoms with Gasteiger partial charge >= 0.3 is 5.97 Å². The van der Waals surface area contributed by atoms with Crippen LogP contribution < -0.4 is 14.8 Å². The summed E-state index contributed by atoms with van der Waals surface area (Å²) >= 11 is 1.24. The number of aromatic hydroxyl groups is 1. The van der Waals surface area contributed by atoms with Crippen molar-refractivity contribution in [1.29, 1.82) is 0 Å². The highest BCUT2D eigenvalue weighted by atomic mass is 32.1. The van der Waals surface area contributed by atoms with E-state index in [1.807, 2.05) is 30.3 Å². The fourth-order valence-corrected chi connectivity index (χ4v) is 3.95. The largest absolute Gasteiger partial charge is 0.507 e. The molecular weight excluding hydrogens is 444 g/mol. The van der Waals surface area contributed by atoms with Crippen molar-refractivity contribution in [3.63, 3.8) is 0 Å². The molecule has 1 aromatic heterocycles. The molecule has 2 N–H and O–H groups in total. The predicted octanol–water partition coefficient (Wildman–Crippen LogP) is 4.48. The minimum Gasteiger partial charge on any atom is -0.507 e. The van der Waals surface area contributed by atoms with Gasteiger partial charge in [0.15, 0.2) is 23.2 Å². The van der Waals surface area contributed by atoms with E-state index in [2.05, 4.69) is 10.3 Å². The summed E-state index contributed by atoms with van der Waals surface area (Å²) in [4.78, 5) is 29.0. The van der Waals surface area contributed by atoms with Gasteiger partial charge in [-0.05, 0) is 41.1 Å². The number of esters is 1. The number of rotatable bonds is 7. The van der Waals surface area contributed by atoms with Gasteiger partial charge in [-0.15, -0.1) is 11.3 Å². The number of benzene rings is 3. The number of hydrogen-bond acceptors (Lipinski definition) is 8. The molecule has 0 radical (unpaired) electrons. The van der Waals surface area contributed by atoms with Crippen LogP contribution in [0.3, 0.4) is 0 Å². The number of hydrogen-bond donors (Lipinski definition) is 2. The van der Waals surface area contributed by atoms with Gasteiger partial charge in [0.1, 0.15) is 11.3 Å². The Kier molecular flexibility index (Phi) is 6.41. The fourth-order valence-electron chi connectivity index (χ4n) is 3.22. The quantitative estimate of drug-likeness (QED) is 0.388. The first-order chi connectivity index (χ1) is 16.0. The molecule has 1 heterocycles. The number of aromatic nitrogens is 1. The van der Waals surface area contributed by atoms with Crippen LogP contribution in [0.4, 0.5) is 5.13 Å². The number of nitrogens with zero attached hydrogens (tertiary/aromatic N) is 1. The predicted molar refractivity (Wildman–Crippen MR) is 125 cm³/mol. The van der Waals surface area contributed by atoms with E-state index in [1.54, 1.807) is 31.7 Å². The molecule has 4 rings (SSSR count). The average molecular weight is 464 g/mol. The first kappa shape index (κ1) is 22.1. The van der Waals surface area contributed by atoms with Crippen LogP contribution in [0, 0.1) is 0 Å². The van der Waals surface area contributed by atoms with E-state index in [0.29, 0.717) is 22.3 Å². The molecule has 0 fully saturated rings. The number of anilines is 1. The molecular formula is C24H20N2O6S. The van der Waals surface area contributed by atoms with E-state index >= 15 is 0 Å². The highest BCUT2D eigenvalue weighted by molar-refractivity contribution is 7.14. The Bertz CT molecular complexity index is 1330. The highest BCUT2D eigenvalue weighted by Crippen LogP contribution is 2.33. The molecule has 0 spiro atoms. The van der Waals surface area contributed by atoms with Gasteiger partial charge in [0.25, 0.3) is 5.91 Å². The third kappa shape index (κ3) is 4.88. The monoisotopic (exact) mass is 464 g/mol. The van der Waals surface area contributed by atoms with Crippen molar-refractivity contribution in [3.8, 4) is 28.5 Å². The topological polar surface area (TPSA) is 107 Å². The number of carbonyl (C=O) groups is 2.